The molecule has 0 radical (unpaired) electrons. The van der Waals surface area contributed by atoms with Crippen molar-refractivity contribution in [3.63, 3.8) is 0 Å². The van der Waals surface area contributed by atoms with Gasteiger partial charge in [-0.3, -0.25) is 0 Å². The SMILES string of the molecule is COC1CN(C(=O)OC(C)(C)C)CC1C=Cc1ccc(C(F)(F)F)cc1. The highest BCUT2D eigenvalue weighted by Crippen LogP contribution is 2.29. The summed E-state index contributed by atoms with van der Waals surface area (Å²) in [5, 5.41) is 0. The summed E-state index contributed by atoms with van der Waals surface area (Å²) < 4.78 is 48.6. The van der Waals surface area contributed by atoms with Crippen LogP contribution in [-0.2, 0) is 15.7 Å². The third-order valence-corrected chi connectivity index (χ3v) is 4.04. The van der Waals surface area contributed by atoms with Crippen LogP contribution in [-0.4, -0.2) is 42.9 Å². The third-order valence-electron chi connectivity index (χ3n) is 4.04. The number of amides is 1. The van der Waals surface area contributed by atoms with E-state index in [1.165, 1.54) is 12.1 Å². The Kier molecular flexibility index (Phi) is 6.01. The van der Waals surface area contributed by atoms with E-state index in [9.17, 15) is 18.0 Å². The molecule has 2 atom stereocenters. The lowest BCUT2D eigenvalue weighted by molar-refractivity contribution is -0.137. The smallest absolute Gasteiger partial charge is 0.416 e. The lowest BCUT2D eigenvalue weighted by Gasteiger charge is -2.24. The van der Waals surface area contributed by atoms with Gasteiger partial charge >= 0.3 is 12.3 Å². The molecule has 0 N–H and O–H groups in total. The highest BCUT2D eigenvalue weighted by Gasteiger charge is 2.36. The summed E-state index contributed by atoms with van der Waals surface area (Å²) in [6.45, 7) is 6.25. The second-order valence-electron chi connectivity index (χ2n) is 7.30. The zero-order valence-corrected chi connectivity index (χ0v) is 15.3. The van der Waals surface area contributed by atoms with Crippen LogP contribution >= 0.6 is 0 Å². The third kappa shape index (κ3) is 5.49. The lowest BCUT2D eigenvalue weighted by Crippen LogP contribution is -2.36. The van der Waals surface area contributed by atoms with Crippen LogP contribution in [0, 0.1) is 5.92 Å². The van der Waals surface area contributed by atoms with Gasteiger partial charge < -0.3 is 14.4 Å². The number of hydrogen-bond donors (Lipinski definition) is 0. The molecule has 0 aliphatic carbocycles. The van der Waals surface area contributed by atoms with E-state index in [1.54, 1.807) is 38.9 Å². The summed E-state index contributed by atoms with van der Waals surface area (Å²) in [4.78, 5) is 13.8. The van der Waals surface area contributed by atoms with Crippen LogP contribution in [0.2, 0.25) is 0 Å². The van der Waals surface area contributed by atoms with Gasteiger partial charge in [-0.1, -0.05) is 24.3 Å². The zero-order chi connectivity index (χ0) is 19.5. The number of ether oxygens (including phenoxy) is 2. The summed E-state index contributed by atoms with van der Waals surface area (Å²) >= 11 is 0. The minimum atomic E-state index is -4.34. The maximum atomic E-state index is 12.6. The second kappa shape index (κ2) is 7.70. The molecule has 7 heteroatoms. The molecule has 1 aromatic rings. The van der Waals surface area contributed by atoms with Gasteiger partial charge in [0.1, 0.15) is 5.60 Å². The van der Waals surface area contributed by atoms with Crippen molar-refractivity contribution < 1.29 is 27.4 Å². The van der Waals surface area contributed by atoms with Gasteiger partial charge in [0.2, 0.25) is 0 Å². The Morgan fingerprint density at radius 3 is 2.27 bits per heavy atom. The molecule has 144 valence electrons. The van der Waals surface area contributed by atoms with Gasteiger partial charge in [-0.15, -0.1) is 0 Å². The second-order valence-corrected chi connectivity index (χ2v) is 7.30. The Hall–Kier alpha value is -2.02. The number of methoxy groups -OCH3 is 1. The highest BCUT2D eigenvalue weighted by atomic mass is 19.4. The molecular formula is C19H24F3NO3. The standard InChI is InChI=1S/C19H24F3NO3/c1-18(2,3)26-17(24)23-11-14(16(12-23)25-4)8-5-13-6-9-15(10-7-13)19(20,21)22/h5-10,14,16H,11-12H2,1-4H3. The molecule has 0 bridgehead atoms. The molecular weight excluding hydrogens is 347 g/mol. The quantitative estimate of drug-likeness (QED) is 0.779. The molecule has 1 aromatic carbocycles. The fraction of sp³-hybridized carbons (Fsp3) is 0.526. The first kappa shape index (κ1) is 20.3. The van der Waals surface area contributed by atoms with E-state index in [0.717, 1.165) is 12.1 Å². The average Bonchev–Trinajstić information content (AvgIpc) is 2.94. The number of hydrogen-bond acceptors (Lipinski definition) is 3. The molecule has 1 aliphatic heterocycles. The molecule has 1 amide bonds. The topological polar surface area (TPSA) is 38.8 Å². The Labute approximate surface area is 151 Å². The molecule has 2 unspecified atom stereocenters. The summed E-state index contributed by atoms with van der Waals surface area (Å²) in [6, 6.07) is 4.94. The van der Waals surface area contributed by atoms with E-state index in [0.29, 0.717) is 18.7 Å². The number of halogens is 3. The Bertz CT molecular complexity index is 647. The van der Waals surface area contributed by atoms with Gasteiger partial charge in [0.15, 0.2) is 0 Å². The number of carbonyl (C=O) groups is 1. The molecule has 0 aromatic heterocycles. The first-order valence-electron chi connectivity index (χ1n) is 8.36. The number of nitrogens with zero attached hydrogens (tertiary/aromatic N) is 1. The van der Waals surface area contributed by atoms with Crippen LogP contribution < -0.4 is 0 Å². The highest BCUT2D eigenvalue weighted by molar-refractivity contribution is 5.68. The molecule has 1 fully saturated rings. The molecule has 1 saturated heterocycles. The molecule has 0 saturated carbocycles. The van der Waals surface area contributed by atoms with Crippen molar-refractivity contribution >= 4 is 12.2 Å². The average molecular weight is 371 g/mol. The largest absolute Gasteiger partial charge is 0.444 e. The first-order valence-corrected chi connectivity index (χ1v) is 8.36. The van der Waals surface area contributed by atoms with Crippen LogP contribution in [0.5, 0.6) is 0 Å². The monoisotopic (exact) mass is 371 g/mol. The van der Waals surface area contributed by atoms with E-state index in [1.807, 2.05) is 6.08 Å². The minimum absolute atomic E-state index is 0.0604. The fourth-order valence-electron chi connectivity index (χ4n) is 2.73. The van der Waals surface area contributed by atoms with Crippen LogP contribution in [0.1, 0.15) is 31.9 Å². The van der Waals surface area contributed by atoms with Gasteiger partial charge in [0.25, 0.3) is 0 Å². The van der Waals surface area contributed by atoms with Gasteiger partial charge in [0.05, 0.1) is 18.2 Å². The van der Waals surface area contributed by atoms with Crippen LogP contribution in [0.25, 0.3) is 6.08 Å². The number of likely N-dealkylation sites (tertiary alicyclic amines) is 1. The number of rotatable bonds is 3. The molecule has 0 spiro atoms. The van der Waals surface area contributed by atoms with Crippen molar-refractivity contribution in [1.29, 1.82) is 0 Å². The van der Waals surface area contributed by atoms with Crippen molar-refractivity contribution in [2.45, 2.75) is 38.7 Å². The van der Waals surface area contributed by atoms with E-state index in [-0.39, 0.29) is 12.0 Å². The van der Waals surface area contributed by atoms with Crippen molar-refractivity contribution in [3.05, 3.63) is 41.5 Å². The fourth-order valence-corrected chi connectivity index (χ4v) is 2.73. The van der Waals surface area contributed by atoms with Crippen molar-refractivity contribution in [2.75, 3.05) is 20.2 Å². The van der Waals surface area contributed by atoms with E-state index >= 15 is 0 Å². The van der Waals surface area contributed by atoms with Gasteiger partial charge in [-0.25, -0.2) is 4.79 Å². The van der Waals surface area contributed by atoms with E-state index in [2.05, 4.69) is 0 Å². The zero-order valence-electron chi connectivity index (χ0n) is 15.3. The first-order chi connectivity index (χ1) is 12.0. The number of benzene rings is 1. The molecule has 4 nitrogen and oxygen atoms in total. The summed E-state index contributed by atoms with van der Waals surface area (Å²) in [5.74, 6) is -0.0604. The van der Waals surface area contributed by atoms with E-state index < -0.39 is 23.4 Å². The Morgan fingerprint density at radius 1 is 1.15 bits per heavy atom. The van der Waals surface area contributed by atoms with Crippen molar-refractivity contribution in [1.82, 2.24) is 4.90 Å². The molecule has 26 heavy (non-hydrogen) atoms. The summed E-state index contributed by atoms with van der Waals surface area (Å²) in [6.07, 6.45) is -1.32. The molecule has 1 aliphatic rings. The molecule has 1 heterocycles. The van der Waals surface area contributed by atoms with Crippen LogP contribution in [0.4, 0.5) is 18.0 Å². The predicted octanol–water partition coefficient (Wildman–Crippen LogP) is 4.60. The Balaban J connectivity index is 2.03. The normalized spacial score (nSPS) is 21.4. The summed E-state index contributed by atoms with van der Waals surface area (Å²) in [7, 11) is 1.57. The van der Waals surface area contributed by atoms with Crippen molar-refractivity contribution in [3.8, 4) is 0 Å². The lowest BCUT2D eigenvalue weighted by atomic mass is 10.0. The predicted molar refractivity (Wildman–Crippen MR) is 92.6 cm³/mol. The number of carbonyl (C=O) groups excluding carboxylic acids is 1. The van der Waals surface area contributed by atoms with Crippen LogP contribution in [0.15, 0.2) is 30.3 Å². The maximum Gasteiger partial charge on any atom is 0.416 e. The minimum Gasteiger partial charge on any atom is -0.444 e. The molecule has 2 rings (SSSR count). The van der Waals surface area contributed by atoms with Gasteiger partial charge in [-0.2, -0.15) is 13.2 Å². The van der Waals surface area contributed by atoms with E-state index in [4.69, 9.17) is 9.47 Å². The summed E-state index contributed by atoms with van der Waals surface area (Å²) in [5.41, 5.74) is -0.599. The van der Waals surface area contributed by atoms with Gasteiger partial charge in [-0.05, 0) is 38.5 Å². The van der Waals surface area contributed by atoms with Gasteiger partial charge in [0, 0.05) is 19.6 Å². The van der Waals surface area contributed by atoms with Crippen molar-refractivity contribution in [2.24, 2.45) is 5.92 Å². The van der Waals surface area contributed by atoms with Crippen LogP contribution in [0.3, 0.4) is 0 Å². The Morgan fingerprint density at radius 2 is 1.77 bits per heavy atom. The maximum absolute atomic E-state index is 12.6. The number of alkyl halides is 3.